The molecule has 0 bridgehead atoms. The maximum absolute atomic E-state index is 2.42. The van der Waals surface area contributed by atoms with Gasteiger partial charge in [0.25, 0.3) is 4.34 Å². The first-order chi connectivity index (χ1) is 5.95. The molecule has 0 spiro atoms. The first-order valence-corrected chi connectivity index (χ1v) is 5.79. The van der Waals surface area contributed by atoms with Crippen LogP contribution in [-0.2, 0) is 6.54 Å². The monoisotopic (exact) mass is 200 g/mol. The van der Waals surface area contributed by atoms with Crippen molar-refractivity contribution in [2.75, 3.05) is 5.75 Å². The molecule has 0 amide bonds. The lowest BCUT2D eigenvalue weighted by Gasteiger charge is -1.84. The summed E-state index contributed by atoms with van der Waals surface area (Å²) in [5, 5.41) is 0. The molecule has 2 aromatic rings. The summed E-state index contributed by atoms with van der Waals surface area (Å²) in [6.07, 6.45) is 0. The fourth-order valence-electron chi connectivity index (χ4n) is 1.56. The van der Waals surface area contributed by atoms with Crippen molar-refractivity contribution in [3.8, 4) is 0 Å². The Morgan fingerprint density at radius 3 is 3.17 bits per heavy atom. The molecule has 1 aliphatic rings. The van der Waals surface area contributed by atoms with Crippen LogP contribution in [0.1, 0.15) is 0 Å². The Labute approximate surface area is 79.0 Å². The topological polar surface area (TPSA) is 3.88 Å². The van der Waals surface area contributed by atoms with Crippen molar-refractivity contribution in [1.29, 1.82) is 0 Å². The Kier molecular flexibility index (Phi) is 1.43. The van der Waals surface area contributed by atoms with Crippen LogP contribution in [0.15, 0.2) is 28.6 Å². The number of aromatic nitrogens is 1. The summed E-state index contributed by atoms with van der Waals surface area (Å²) in [7, 11) is 0. The van der Waals surface area contributed by atoms with Gasteiger partial charge in [0.05, 0.1) is 5.75 Å². The average molecular weight is 200 g/mol. The first kappa shape index (κ1) is 6.92. The Morgan fingerprint density at radius 2 is 2.17 bits per heavy atom. The van der Waals surface area contributed by atoms with Crippen LogP contribution in [-0.4, -0.2) is 5.75 Å². The van der Waals surface area contributed by atoms with Gasteiger partial charge in [0.15, 0.2) is 6.54 Å². The van der Waals surface area contributed by atoms with Gasteiger partial charge in [-0.25, -0.2) is 0 Å². The molecule has 0 unspecified atom stereocenters. The second-order valence-electron chi connectivity index (χ2n) is 2.84. The lowest BCUT2D eigenvalue weighted by Crippen LogP contribution is -2.30. The molecule has 0 fully saturated rings. The standard InChI is InChI=1S/C9H8NS2/c1-2-4-8-7(3-1)10-5-6-11-9(10)12-8/h1-4H,5-6H2/q+1/i1+1,2+1,3+1,4+1,7+1,8+1. The predicted octanol–water partition coefficient (Wildman–Crippen LogP) is 2.29. The number of nitrogens with zero attached hydrogens (tertiary/aromatic N) is 1. The van der Waals surface area contributed by atoms with Crippen LogP contribution in [0.4, 0.5) is 0 Å². The predicted molar refractivity (Wildman–Crippen MR) is 52.7 cm³/mol. The van der Waals surface area contributed by atoms with E-state index in [1.807, 2.05) is 23.1 Å². The molecule has 2 heterocycles. The quantitative estimate of drug-likeness (QED) is 0.590. The molecule has 1 aromatic heterocycles. The third-order valence-corrected chi connectivity index (χ3v) is 4.53. The van der Waals surface area contributed by atoms with Crippen LogP contribution in [0.5, 0.6) is 0 Å². The second kappa shape index (κ2) is 2.47. The van der Waals surface area contributed by atoms with E-state index in [0.29, 0.717) is 0 Å². The highest BCUT2D eigenvalue weighted by atomic mass is 32.2. The fourth-order valence-corrected chi connectivity index (χ4v) is 4.02. The van der Waals surface area contributed by atoms with Crippen molar-refractivity contribution in [3.05, 3.63) is 24.3 Å². The van der Waals surface area contributed by atoms with Gasteiger partial charge in [-0.3, -0.25) is 0 Å². The molecule has 0 N–H and O–H groups in total. The number of fused-ring (bicyclic) bond motifs is 3. The van der Waals surface area contributed by atoms with Crippen LogP contribution in [0.3, 0.4) is 0 Å². The number of para-hydroxylation sites is 1. The summed E-state index contributed by atoms with van der Waals surface area (Å²) in [6, 6.07) is 8.64. The zero-order valence-corrected chi connectivity index (χ0v) is 8.12. The summed E-state index contributed by atoms with van der Waals surface area (Å²) >= 11 is 3.89. The average Bonchev–Trinajstić information content (AvgIpc) is 2.62. The van der Waals surface area contributed by atoms with E-state index in [-0.39, 0.29) is 0 Å². The highest BCUT2D eigenvalue weighted by molar-refractivity contribution is 8.01. The molecule has 1 nitrogen and oxygen atoms in total. The minimum absolute atomic E-state index is 1.18. The number of thiazole rings is 1. The van der Waals surface area contributed by atoms with Crippen molar-refractivity contribution >= 4 is 33.3 Å². The van der Waals surface area contributed by atoms with Crippen LogP contribution in [0.2, 0.25) is 0 Å². The van der Waals surface area contributed by atoms with Gasteiger partial charge in [-0.15, -0.1) is 0 Å². The normalized spacial score (nSPS) is 15.3. The van der Waals surface area contributed by atoms with Gasteiger partial charge >= 0.3 is 0 Å². The van der Waals surface area contributed by atoms with Crippen LogP contribution in [0, 0.1) is 0 Å². The Morgan fingerprint density at radius 1 is 1.25 bits per heavy atom. The van der Waals surface area contributed by atoms with E-state index in [9.17, 15) is 0 Å². The lowest BCUT2D eigenvalue weighted by molar-refractivity contribution is -0.692. The molecule has 1 aliphatic heterocycles. The van der Waals surface area contributed by atoms with E-state index in [1.165, 1.54) is 26.9 Å². The molecular formula is C9H8NS2+. The van der Waals surface area contributed by atoms with Gasteiger partial charge in [0.1, 0.15) is 4.70 Å². The molecule has 0 saturated heterocycles. The first-order valence-electron chi connectivity index (χ1n) is 3.99. The lowest BCUT2D eigenvalue weighted by atomic mass is 10.8. The zero-order chi connectivity index (χ0) is 7.97. The molecule has 0 radical (unpaired) electrons. The molecular weight excluding hydrogens is 192 g/mol. The Balaban J connectivity index is 2.44. The van der Waals surface area contributed by atoms with Crippen molar-refractivity contribution in [2.45, 2.75) is 10.9 Å². The summed E-state index contributed by atoms with van der Waals surface area (Å²) in [6.45, 7) is 1.18. The van der Waals surface area contributed by atoms with Gasteiger partial charge in [0, 0.05) is 6.07 Å². The minimum atomic E-state index is 1.18. The number of thioether (sulfide) groups is 1. The van der Waals surface area contributed by atoms with Gasteiger partial charge in [0.2, 0.25) is 5.52 Å². The largest absolute Gasteiger partial charge is 0.298 e. The van der Waals surface area contributed by atoms with Crippen LogP contribution >= 0.6 is 23.1 Å². The molecule has 3 rings (SSSR count). The molecule has 3 heteroatoms. The minimum Gasteiger partial charge on any atom is -0.175 e. The van der Waals surface area contributed by atoms with E-state index >= 15 is 0 Å². The number of hydrogen-bond donors (Lipinski definition) is 0. The molecule has 0 saturated carbocycles. The summed E-state index contributed by atoms with van der Waals surface area (Å²) < 4.78 is 5.31. The Hall–Kier alpha value is -0.540. The SMILES string of the molecule is C1C[n+]2c(s[13c]3[13cH][13cH][13cH][13cH][13c]32)S1. The summed E-state index contributed by atoms with van der Waals surface area (Å²) in [4.78, 5) is 0. The van der Waals surface area contributed by atoms with E-state index in [4.69, 9.17) is 0 Å². The third-order valence-electron chi connectivity index (χ3n) is 2.11. The van der Waals surface area contributed by atoms with E-state index in [2.05, 4.69) is 28.8 Å². The van der Waals surface area contributed by atoms with Gasteiger partial charge in [-0.05, 0) is 17.8 Å². The van der Waals surface area contributed by atoms with Crippen molar-refractivity contribution in [2.24, 2.45) is 0 Å². The zero-order valence-electron chi connectivity index (χ0n) is 6.49. The molecule has 60 valence electrons. The molecule has 1 aromatic carbocycles. The van der Waals surface area contributed by atoms with Crippen LogP contribution in [0.25, 0.3) is 10.2 Å². The maximum atomic E-state index is 2.42. The van der Waals surface area contributed by atoms with Crippen LogP contribution < -0.4 is 4.57 Å². The van der Waals surface area contributed by atoms with E-state index in [0.717, 1.165) is 0 Å². The van der Waals surface area contributed by atoms with E-state index < -0.39 is 0 Å². The molecule has 0 atom stereocenters. The molecule has 12 heavy (non-hydrogen) atoms. The maximum Gasteiger partial charge on any atom is 0.298 e. The highest BCUT2D eigenvalue weighted by Gasteiger charge is 2.25. The number of benzene rings is 1. The van der Waals surface area contributed by atoms with Crippen molar-refractivity contribution in [3.63, 3.8) is 0 Å². The number of aryl methyl sites for hydroxylation is 1. The fraction of sp³-hybridized carbons (Fsp3) is 0.222. The highest BCUT2D eigenvalue weighted by Crippen LogP contribution is 2.31. The van der Waals surface area contributed by atoms with Crippen molar-refractivity contribution < 1.29 is 4.57 Å². The summed E-state index contributed by atoms with van der Waals surface area (Å²) in [5.41, 5.74) is 1.41. The number of rotatable bonds is 0. The Bertz CT molecular complexity index is 433. The van der Waals surface area contributed by atoms with Gasteiger partial charge in [-0.1, -0.05) is 23.5 Å². The second-order valence-corrected chi connectivity index (χ2v) is 5.21. The smallest absolute Gasteiger partial charge is 0.175 e. The molecule has 0 aliphatic carbocycles. The number of hydrogen-bond acceptors (Lipinski definition) is 2. The van der Waals surface area contributed by atoms with E-state index in [1.54, 1.807) is 0 Å². The van der Waals surface area contributed by atoms with Gasteiger partial charge < -0.3 is 0 Å². The van der Waals surface area contributed by atoms with Crippen molar-refractivity contribution in [1.82, 2.24) is 0 Å². The van der Waals surface area contributed by atoms with Gasteiger partial charge in [-0.2, -0.15) is 4.57 Å². The summed E-state index contributed by atoms with van der Waals surface area (Å²) in [5.74, 6) is 1.25. The third kappa shape index (κ3) is 0.836.